The van der Waals surface area contributed by atoms with Crippen LogP contribution in [0.4, 0.5) is 11.6 Å². The lowest BCUT2D eigenvalue weighted by Gasteiger charge is -2.27. The molecule has 2 heterocycles. The molecule has 1 aromatic heterocycles. The molecule has 0 radical (unpaired) electrons. The number of piperazine rings is 1. The lowest BCUT2D eigenvalue weighted by atomic mass is 10.3. The molecule has 1 amide bonds. The van der Waals surface area contributed by atoms with Crippen LogP contribution >= 0.6 is 0 Å². The lowest BCUT2D eigenvalue weighted by Crippen LogP contribution is -2.48. The molecular weight excluding hydrogens is 206 g/mol. The number of nitrogens with zero attached hydrogens (tertiary/aromatic N) is 3. The van der Waals surface area contributed by atoms with E-state index >= 15 is 0 Å². The van der Waals surface area contributed by atoms with Crippen LogP contribution in [0, 0.1) is 0 Å². The van der Waals surface area contributed by atoms with Crippen LogP contribution in [-0.4, -0.2) is 42.1 Å². The Morgan fingerprint density at radius 2 is 2.44 bits per heavy atom. The molecular formula is C10H15N5O. The van der Waals surface area contributed by atoms with Gasteiger partial charge in [-0.15, -0.1) is 0 Å². The topological polar surface area (TPSA) is 70.2 Å². The summed E-state index contributed by atoms with van der Waals surface area (Å²) in [6.07, 6.45) is 3.36. The molecule has 86 valence electrons. The van der Waals surface area contributed by atoms with E-state index in [0.29, 0.717) is 13.1 Å². The van der Waals surface area contributed by atoms with Crippen LogP contribution < -0.4 is 15.5 Å². The van der Waals surface area contributed by atoms with Crippen molar-refractivity contribution in [2.24, 2.45) is 0 Å². The minimum atomic E-state index is 0.0295. The molecule has 1 aromatic rings. The van der Waals surface area contributed by atoms with Crippen molar-refractivity contribution in [3.63, 3.8) is 0 Å². The molecule has 0 aliphatic carbocycles. The van der Waals surface area contributed by atoms with E-state index in [2.05, 4.69) is 20.6 Å². The van der Waals surface area contributed by atoms with Crippen molar-refractivity contribution >= 4 is 17.5 Å². The summed E-state index contributed by atoms with van der Waals surface area (Å²) in [5.41, 5.74) is 0. The van der Waals surface area contributed by atoms with E-state index < -0.39 is 0 Å². The van der Waals surface area contributed by atoms with Gasteiger partial charge in [-0.2, -0.15) is 0 Å². The van der Waals surface area contributed by atoms with Gasteiger partial charge in [-0.1, -0.05) is 0 Å². The second-order valence-electron chi connectivity index (χ2n) is 3.56. The zero-order valence-corrected chi connectivity index (χ0v) is 9.23. The summed E-state index contributed by atoms with van der Waals surface area (Å²) in [4.78, 5) is 21.7. The Balaban J connectivity index is 2.12. The first-order valence-electron chi connectivity index (χ1n) is 5.37. The Morgan fingerprint density at radius 3 is 3.19 bits per heavy atom. The smallest absolute Gasteiger partial charge is 0.239 e. The molecule has 0 bridgehead atoms. The van der Waals surface area contributed by atoms with Gasteiger partial charge in [-0.3, -0.25) is 9.78 Å². The van der Waals surface area contributed by atoms with Gasteiger partial charge in [-0.05, 0) is 6.92 Å². The Hall–Kier alpha value is -1.85. The number of amides is 1. The van der Waals surface area contributed by atoms with Crippen molar-refractivity contribution in [3.8, 4) is 0 Å². The molecule has 6 heteroatoms. The number of anilines is 2. The Morgan fingerprint density at radius 1 is 1.56 bits per heavy atom. The van der Waals surface area contributed by atoms with E-state index in [1.54, 1.807) is 12.4 Å². The fourth-order valence-electron chi connectivity index (χ4n) is 1.61. The number of rotatable bonds is 3. The van der Waals surface area contributed by atoms with Crippen molar-refractivity contribution in [1.82, 2.24) is 15.3 Å². The second kappa shape index (κ2) is 4.78. The molecule has 1 aliphatic heterocycles. The predicted molar refractivity (Wildman–Crippen MR) is 61.4 cm³/mol. The number of carbonyl (C=O) groups is 1. The Kier molecular flexibility index (Phi) is 3.19. The van der Waals surface area contributed by atoms with Crippen molar-refractivity contribution in [1.29, 1.82) is 0 Å². The maximum absolute atomic E-state index is 11.2. The van der Waals surface area contributed by atoms with Crippen molar-refractivity contribution in [2.45, 2.75) is 6.92 Å². The summed E-state index contributed by atoms with van der Waals surface area (Å²) < 4.78 is 0. The molecule has 0 atom stereocenters. The number of aromatic nitrogens is 2. The molecule has 2 rings (SSSR count). The number of hydrogen-bond acceptors (Lipinski definition) is 5. The largest absolute Gasteiger partial charge is 0.369 e. The maximum Gasteiger partial charge on any atom is 0.239 e. The van der Waals surface area contributed by atoms with Gasteiger partial charge in [0.05, 0.1) is 18.9 Å². The highest BCUT2D eigenvalue weighted by molar-refractivity contribution is 5.82. The molecule has 16 heavy (non-hydrogen) atoms. The summed E-state index contributed by atoms with van der Waals surface area (Å²) in [6, 6.07) is 0. The summed E-state index contributed by atoms with van der Waals surface area (Å²) in [5.74, 6) is 1.51. The van der Waals surface area contributed by atoms with Crippen LogP contribution in [-0.2, 0) is 4.79 Å². The van der Waals surface area contributed by atoms with E-state index in [1.165, 1.54) is 0 Å². The molecule has 1 fully saturated rings. The van der Waals surface area contributed by atoms with Crippen LogP contribution in [0.1, 0.15) is 6.92 Å². The Bertz CT molecular complexity index is 381. The first-order valence-corrected chi connectivity index (χ1v) is 5.37. The summed E-state index contributed by atoms with van der Waals surface area (Å²) in [7, 11) is 0. The first-order chi connectivity index (χ1) is 7.79. The van der Waals surface area contributed by atoms with Gasteiger partial charge in [0.1, 0.15) is 11.6 Å². The fraction of sp³-hybridized carbons (Fsp3) is 0.500. The molecule has 0 saturated carbocycles. The molecule has 0 spiro atoms. The lowest BCUT2D eigenvalue weighted by molar-refractivity contribution is -0.120. The monoisotopic (exact) mass is 221 g/mol. The van der Waals surface area contributed by atoms with Crippen LogP contribution in [0.25, 0.3) is 0 Å². The quantitative estimate of drug-likeness (QED) is 0.742. The third-order valence-electron chi connectivity index (χ3n) is 2.34. The van der Waals surface area contributed by atoms with Crippen LogP contribution in [0.15, 0.2) is 12.4 Å². The van der Waals surface area contributed by atoms with Gasteiger partial charge in [0.2, 0.25) is 5.91 Å². The summed E-state index contributed by atoms with van der Waals surface area (Å²) >= 11 is 0. The number of carbonyl (C=O) groups excluding carboxylic acids is 1. The predicted octanol–water partition coefficient (Wildman–Crippen LogP) is -0.155. The molecule has 0 unspecified atom stereocenters. The Labute approximate surface area is 94.1 Å². The highest BCUT2D eigenvalue weighted by Crippen LogP contribution is 2.12. The molecule has 0 aromatic carbocycles. The van der Waals surface area contributed by atoms with E-state index in [0.717, 1.165) is 24.7 Å². The summed E-state index contributed by atoms with van der Waals surface area (Å²) in [5, 5.41) is 5.87. The number of hydrogen-bond donors (Lipinski definition) is 2. The molecule has 6 nitrogen and oxygen atoms in total. The minimum Gasteiger partial charge on any atom is -0.369 e. The van der Waals surface area contributed by atoms with Gasteiger partial charge in [0.15, 0.2) is 0 Å². The van der Waals surface area contributed by atoms with Crippen LogP contribution in [0.3, 0.4) is 0 Å². The van der Waals surface area contributed by atoms with Crippen LogP contribution in [0.2, 0.25) is 0 Å². The van der Waals surface area contributed by atoms with Gasteiger partial charge < -0.3 is 15.5 Å². The molecule has 1 aliphatic rings. The standard InChI is InChI=1S/C10H15N5O/c1-2-12-8-5-11-6-9(14-8)15-4-3-13-10(16)7-15/h5-6H,2-4,7H2,1H3,(H,12,14)(H,13,16). The SMILES string of the molecule is CCNc1cncc(N2CCNC(=O)C2)n1. The van der Waals surface area contributed by atoms with Crippen LogP contribution in [0.5, 0.6) is 0 Å². The zero-order valence-electron chi connectivity index (χ0n) is 9.23. The van der Waals surface area contributed by atoms with Crippen molar-refractivity contribution in [3.05, 3.63) is 12.4 Å². The minimum absolute atomic E-state index is 0.0295. The summed E-state index contributed by atoms with van der Waals surface area (Å²) in [6.45, 7) is 4.59. The van der Waals surface area contributed by atoms with E-state index in [1.807, 2.05) is 11.8 Å². The van der Waals surface area contributed by atoms with Gasteiger partial charge in [-0.25, -0.2) is 4.98 Å². The highest BCUT2D eigenvalue weighted by Gasteiger charge is 2.17. The van der Waals surface area contributed by atoms with E-state index in [9.17, 15) is 4.79 Å². The van der Waals surface area contributed by atoms with Crippen molar-refractivity contribution < 1.29 is 4.79 Å². The average molecular weight is 221 g/mol. The maximum atomic E-state index is 11.2. The molecule has 2 N–H and O–H groups in total. The fourth-order valence-corrected chi connectivity index (χ4v) is 1.61. The van der Waals surface area contributed by atoms with E-state index in [4.69, 9.17) is 0 Å². The first kappa shape index (κ1) is 10.7. The highest BCUT2D eigenvalue weighted by atomic mass is 16.2. The van der Waals surface area contributed by atoms with Crippen molar-refractivity contribution in [2.75, 3.05) is 36.4 Å². The average Bonchev–Trinajstić information content (AvgIpc) is 2.30. The van der Waals surface area contributed by atoms with E-state index in [-0.39, 0.29) is 5.91 Å². The number of nitrogens with one attached hydrogen (secondary N) is 2. The zero-order chi connectivity index (χ0) is 11.4. The van der Waals surface area contributed by atoms with Gasteiger partial charge in [0.25, 0.3) is 0 Å². The van der Waals surface area contributed by atoms with Gasteiger partial charge >= 0.3 is 0 Å². The van der Waals surface area contributed by atoms with Gasteiger partial charge in [0, 0.05) is 19.6 Å². The third-order valence-corrected chi connectivity index (χ3v) is 2.34. The third kappa shape index (κ3) is 2.39. The molecule has 1 saturated heterocycles. The normalized spacial score (nSPS) is 15.8. The second-order valence-corrected chi connectivity index (χ2v) is 3.56.